The summed E-state index contributed by atoms with van der Waals surface area (Å²) in [5, 5.41) is 0. The van der Waals surface area contributed by atoms with Crippen LogP contribution in [0.5, 0.6) is 0 Å². The lowest BCUT2D eigenvalue weighted by Crippen LogP contribution is -2.07. The molecular formula is C18H14F5N3. The number of rotatable bonds is 4. The molecule has 26 heavy (non-hydrogen) atoms. The molecule has 0 saturated heterocycles. The van der Waals surface area contributed by atoms with Crippen molar-refractivity contribution in [2.75, 3.05) is 6.54 Å². The smallest absolute Gasteiger partial charge is 0.327 e. The van der Waals surface area contributed by atoms with Gasteiger partial charge in [-0.05, 0) is 24.3 Å². The Bertz CT molecular complexity index is 973. The molecule has 0 aliphatic heterocycles. The molecule has 2 aromatic carbocycles. The number of allylic oxidation sites excluding steroid dienone is 1. The molecule has 0 spiro atoms. The van der Waals surface area contributed by atoms with Gasteiger partial charge in [-0.15, -0.1) is 0 Å². The number of alkyl halides is 3. The maximum Gasteiger partial charge on any atom is 0.416 e. The van der Waals surface area contributed by atoms with Gasteiger partial charge in [-0.25, -0.2) is 13.8 Å². The Morgan fingerprint density at radius 2 is 1.88 bits per heavy atom. The van der Waals surface area contributed by atoms with Crippen LogP contribution < -0.4 is 5.73 Å². The van der Waals surface area contributed by atoms with E-state index in [4.69, 9.17) is 5.73 Å². The number of nitrogens with zero attached hydrogens (tertiary/aromatic N) is 2. The number of benzene rings is 2. The molecule has 1 heterocycles. The van der Waals surface area contributed by atoms with Gasteiger partial charge in [0.2, 0.25) is 0 Å². The minimum Gasteiger partial charge on any atom is -0.327 e. The summed E-state index contributed by atoms with van der Waals surface area (Å²) in [4.78, 5) is 4.08. The molecule has 0 radical (unpaired) electrons. The van der Waals surface area contributed by atoms with Gasteiger partial charge in [0.25, 0.3) is 0 Å². The van der Waals surface area contributed by atoms with Crippen LogP contribution in [0.3, 0.4) is 0 Å². The van der Waals surface area contributed by atoms with Crippen molar-refractivity contribution in [3.05, 3.63) is 66.0 Å². The Kier molecular flexibility index (Phi) is 4.78. The molecule has 8 heteroatoms. The molecule has 0 amide bonds. The highest BCUT2D eigenvalue weighted by Gasteiger charge is 2.32. The zero-order valence-electron chi connectivity index (χ0n) is 13.4. The van der Waals surface area contributed by atoms with Crippen molar-refractivity contribution < 1.29 is 22.0 Å². The van der Waals surface area contributed by atoms with Crippen molar-refractivity contribution in [1.82, 2.24) is 9.55 Å². The van der Waals surface area contributed by atoms with Gasteiger partial charge in [-0.3, -0.25) is 0 Å². The Balaban J connectivity index is 2.26. The van der Waals surface area contributed by atoms with E-state index in [0.717, 1.165) is 24.3 Å². The largest absolute Gasteiger partial charge is 0.416 e. The quantitative estimate of drug-likeness (QED) is 0.681. The normalized spacial score (nSPS) is 12.8. The molecule has 3 nitrogen and oxygen atoms in total. The van der Waals surface area contributed by atoms with Crippen LogP contribution >= 0.6 is 0 Å². The van der Waals surface area contributed by atoms with E-state index in [2.05, 4.69) is 4.98 Å². The molecule has 0 saturated carbocycles. The lowest BCUT2D eigenvalue weighted by Gasteiger charge is -2.12. The van der Waals surface area contributed by atoms with Crippen molar-refractivity contribution in [2.45, 2.75) is 12.7 Å². The topological polar surface area (TPSA) is 43.8 Å². The number of nitrogens with two attached hydrogens (primary N) is 1. The molecule has 0 aliphatic rings. The minimum absolute atomic E-state index is 0.00473. The average molecular weight is 367 g/mol. The molecule has 0 atom stereocenters. The van der Waals surface area contributed by atoms with E-state index in [9.17, 15) is 22.0 Å². The molecule has 3 rings (SSSR count). The van der Waals surface area contributed by atoms with Gasteiger partial charge >= 0.3 is 6.18 Å². The second-order valence-electron chi connectivity index (χ2n) is 5.63. The van der Waals surface area contributed by atoms with E-state index in [1.54, 1.807) is 0 Å². The molecule has 0 fully saturated rings. The van der Waals surface area contributed by atoms with E-state index < -0.39 is 23.4 Å². The molecule has 2 N–H and O–H groups in total. The van der Waals surface area contributed by atoms with Crippen LogP contribution in [-0.2, 0) is 12.7 Å². The fourth-order valence-electron chi connectivity index (χ4n) is 2.69. The second kappa shape index (κ2) is 6.87. The Morgan fingerprint density at radius 3 is 2.54 bits per heavy atom. The molecular weight excluding hydrogens is 353 g/mol. The SMILES string of the molecule is NC/C=C(\F)Cn1cnc2c(-c3ccccc3F)cc(C(F)(F)F)cc21. The van der Waals surface area contributed by atoms with E-state index in [0.29, 0.717) is 0 Å². The third-order valence-electron chi connectivity index (χ3n) is 3.88. The third kappa shape index (κ3) is 3.45. The Hall–Kier alpha value is -2.74. The van der Waals surface area contributed by atoms with Crippen molar-refractivity contribution >= 4 is 11.0 Å². The van der Waals surface area contributed by atoms with Crippen LogP contribution in [0.4, 0.5) is 22.0 Å². The number of hydrogen-bond donors (Lipinski definition) is 1. The first-order valence-corrected chi connectivity index (χ1v) is 7.67. The molecule has 0 aliphatic carbocycles. The lowest BCUT2D eigenvalue weighted by atomic mass is 10.0. The highest BCUT2D eigenvalue weighted by molar-refractivity contribution is 5.93. The number of fused-ring (bicyclic) bond motifs is 1. The number of imidazole rings is 1. The Morgan fingerprint density at radius 1 is 1.15 bits per heavy atom. The fraction of sp³-hybridized carbons (Fsp3) is 0.167. The first-order chi connectivity index (χ1) is 12.3. The summed E-state index contributed by atoms with van der Waals surface area (Å²) in [6.45, 7) is -0.349. The van der Waals surface area contributed by atoms with Crippen molar-refractivity contribution in [1.29, 1.82) is 0 Å². The molecule has 136 valence electrons. The predicted octanol–water partition coefficient (Wildman–Crippen LogP) is 4.67. The van der Waals surface area contributed by atoms with Crippen LogP contribution in [0.2, 0.25) is 0 Å². The van der Waals surface area contributed by atoms with E-state index in [-0.39, 0.29) is 35.2 Å². The summed E-state index contributed by atoms with van der Waals surface area (Å²) >= 11 is 0. The van der Waals surface area contributed by atoms with Gasteiger partial charge in [0.1, 0.15) is 11.6 Å². The third-order valence-corrected chi connectivity index (χ3v) is 3.88. The van der Waals surface area contributed by atoms with Crippen LogP contribution in [0.25, 0.3) is 22.2 Å². The summed E-state index contributed by atoms with van der Waals surface area (Å²) in [6, 6.07) is 7.22. The standard InChI is InChI=1S/C18H14F5N3/c19-12(5-6-24)9-26-10-25-17-14(13-3-1-2-4-15(13)20)7-11(8-16(17)26)18(21,22)23/h1-5,7-8,10H,6,9,24H2/b12-5-. The summed E-state index contributed by atoms with van der Waals surface area (Å²) in [7, 11) is 0. The monoisotopic (exact) mass is 367 g/mol. The zero-order valence-corrected chi connectivity index (χ0v) is 13.4. The van der Waals surface area contributed by atoms with Gasteiger partial charge in [0, 0.05) is 17.7 Å². The number of hydrogen-bond acceptors (Lipinski definition) is 2. The van der Waals surface area contributed by atoms with E-state index in [1.807, 2.05) is 0 Å². The van der Waals surface area contributed by atoms with Gasteiger partial charge < -0.3 is 10.3 Å². The van der Waals surface area contributed by atoms with Gasteiger partial charge in [-0.1, -0.05) is 18.2 Å². The van der Waals surface area contributed by atoms with Crippen molar-refractivity contribution in [3.63, 3.8) is 0 Å². The van der Waals surface area contributed by atoms with Crippen molar-refractivity contribution in [3.8, 4) is 11.1 Å². The van der Waals surface area contributed by atoms with Gasteiger partial charge in [0.05, 0.1) is 29.5 Å². The van der Waals surface area contributed by atoms with E-state index in [1.165, 1.54) is 29.1 Å². The zero-order chi connectivity index (χ0) is 18.9. The molecule has 1 aromatic heterocycles. The van der Waals surface area contributed by atoms with Crippen LogP contribution in [-0.4, -0.2) is 16.1 Å². The van der Waals surface area contributed by atoms with Crippen molar-refractivity contribution in [2.24, 2.45) is 5.73 Å². The highest BCUT2D eigenvalue weighted by Crippen LogP contribution is 2.37. The Labute approximate surface area is 145 Å². The fourth-order valence-corrected chi connectivity index (χ4v) is 2.69. The number of aromatic nitrogens is 2. The summed E-state index contributed by atoms with van der Waals surface area (Å²) in [5.74, 6) is -1.27. The molecule has 3 aromatic rings. The second-order valence-corrected chi connectivity index (χ2v) is 5.63. The number of halogens is 5. The van der Waals surface area contributed by atoms with Crippen LogP contribution in [0, 0.1) is 5.82 Å². The predicted molar refractivity (Wildman–Crippen MR) is 88.4 cm³/mol. The summed E-state index contributed by atoms with van der Waals surface area (Å²) < 4.78 is 69.1. The first kappa shape index (κ1) is 18.1. The maximum absolute atomic E-state index is 14.1. The van der Waals surface area contributed by atoms with Gasteiger partial charge in [-0.2, -0.15) is 13.2 Å². The maximum atomic E-state index is 14.1. The minimum atomic E-state index is -4.64. The van der Waals surface area contributed by atoms with Crippen LogP contribution in [0.15, 0.2) is 54.6 Å². The summed E-state index contributed by atoms with van der Waals surface area (Å²) in [6.07, 6.45) is -2.30. The first-order valence-electron chi connectivity index (χ1n) is 7.67. The highest BCUT2D eigenvalue weighted by atomic mass is 19.4. The molecule has 0 unspecified atom stereocenters. The van der Waals surface area contributed by atoms with Gasteiger partial charge in [0.15, 0.2) is 0 Å². The average Bonchev–Trinajstić information content (AvgIpc) is 2.97. The van der Waals surface area contributed by atoms with E-state index >= 15 is 0 Å². The van der Waals surface area contributed by atoms with Crippen LogP contribution in [0.1, 0.15) is 5.56 Å². The lowest BCUT2D eigenvalue weighted by molar-refractivity contribution is -0.137. The summed E-state index contributed by atoms with van der Waals surface area (Å²) in [5.41, 5.74) is 4.47. The molecule has 0 bridgehead atoms.